The fraction of sp³-hybridized carbons (Fsp3) is 0.574. The molecule has 5 heteroatoms. The summed E-state index contributed by atoms with van der Waals surface area (Å²) in [5.41, 5.74) is 0. The first kappa shape index (κ1) is 61.8. The van der Waals surface area contributed by atoms with Crippen LogP contribution in [0.3, 0.4) is 0 Å². The lowest BCUT2D eigenvalue weighted by Crippen LogP contribution is -2.28. The average molecular weight is 909 g/mol. The van der Waals surface area contributed by atoms with Crippen LogP contribution >= 0.6 is 0 Å². The van der Waals surface area contributed by atoms with Gasteiger partial charge in [-0.1, -0.05) is 224 Å². The van der Waals surface area contributed by atoms with E-state index in [1.165, 1.54) is 51.4 Å². The first-order chi connectivity index (χ1) is 32.6. The van der Waals surface area contributed by atoms with Gasteiger partial charge in [0.15, 0.2) is 6.10 Å². The van der Waals surface area contributed by atoms with Crippen LogP contribution in [0, 0.1) is 0 Å². The lowest BCUT2D eigenvalue weighted by molar-refractivity contribution is -0.161. The number of ether oxygens (including phenoxy) is 2. The summed E-state index contributed by atoms with van der Waals surface area (Å²) in [4.78, 5) is 24.5. The van der Waals surface area contributed by atoms with Gasteiger partial charge in [-0.3, -0.25) is 9.59 Å². The number of rotatable bonds is 46. The third kappa shape index (κ3) is 52.4. The van der Waals surface area contributed by atoms with Crippen LogP contribution in [-0.2, 0) is 19.1 Å². The average Bonchev–Trinajstić information content (AvgIpc) is 3.32. The molecule has 0 saturated heterocycles. The standard InChI is InChI=1S/C61H96O5/c1-3-5-7-9-11-13-15-17-19-21-23-24-25-26-27-28-29-30-31-32-33-34-35-36-38-40-42-44-46-48-50-52-54-56-61(64)66-59(57-62)58-65-60(63)55-53-51-49-47-45-43-41-39-37-22-20-18-16-14-12-10-8-6-4-2/h5-8,11-14,17-20,23-24,26-27,29-30,32-33,35-37,39,59,62H,3-4,9-10,15-16,21-22,25,28,31,34,38,40-58H2,1-2H3/b7-5-,8-6-,13-11-,14-12-,19-17-,20-18-,24-23-,27-26-,30-29-,33-32-,36-35-,39-37-. The lowest BCUT2D eigenvalue weighted by Gasteiger charge is -2.15. The highest BCUT2D eigenvalue weighted by Gasteiger charge is 2.16. The van der Waals surface area contributed by atoms with E-state index in [2.05, 4.69) is 160 Å². The second kappa shape index (κ2) is 55.1. The fourth-order valence-electron chi connectivity index (χ4n) is 6.74. The SMILES string of the molecule is CC/C=C\C/C=C\C/C=C\C/C=C\C/C=C\C/C=C\C/C=C\C/C=C\CCCCCCCCCCC(=O)OC(CO)COC(=O)CCCCCCCC/C=C\C/C=C\C/C=C\C/C=C\CC. The van der Waals surface area contributed by atoms with Gasteiger partial charge in [-0.15, -0.1) is 0 Å². The van der Waals surface area contributed by atoms with E-state index in [0.29, 0.717) is 12.8 Å². The van der Waals surface area contributed by atoms with Crippen molar-refractivity contribution in [3.8, 4) is 0 Å². The molecule has 0 aliphatic rings. The molecule has 0 fully saturated rings. The quantitative estimate of drug-likeness (QED) is 0.0374. The molecule has 0 aliphatic carbocycles. The van der Waals surface area contributed by atoms with Gasteiger partial charge >= 0.3 is 11.9 Å². The fourth-order valence-corrected chi connectivity index (χ4v) is 6.74. The van der Waals surface area contributed by atoms with E-state index in [-0.39, 0.29) is 25.2 Å². The normalized spacial score (nSPS) is 13.4. The minimum atomic E-state index is -0.794. The molecule has 0 aromatic carbocycles. The molecule has 1 atom stereocenters. The van der Waals surface area contributed by atoms with E-state index in [4.69, 9.17) is 9.47 Å². The minimum Gasteiger partial charge on any atom is -0.462 e. The van der Waals surface area contributed by atoms with Gasteiger partial charge in [-0.05, 0) is 116 Å². The summed E-state index contributed by atoms with van der Waals surface area (Å²) in [5, 5.41) is 9.63. The van der Waals surface area contributed by atoms with E-state index in [1.807, 2.05) is 0 Å². The van der Waals surface area contributed by atoms with Crippen molar-refractivity contribution in [2.45, 2.75) is 213 Å². The molecule has 0 aromatic heterocycles. The molecule has 0 saturated carbocycles. The van der Waals surface area contributed by atoms with Gasteiger partial charge in [0.25, 0.3) is 0 Å². The van der Waals surface area contributed by atoms with Crippen LogP contribution in [0.1, 0.15) is 206 Å². The molecule has 0 aliphatic heterocycles. The maximum Gasteiger partial charge on any atom is 0.306 e. The second-order valence-electron chi connectivity index (χ2n) is 16.8. The van der Waals surface area contributed by atoms with Crippen LogP contribution < -0.4 is 0 Å². The van der Waals surface area contributed by atoms with Crippen molar-refractivity contribution in [3.63, 3.8) is 0 Å². The van der Waals surface area contributed by atoms with Gasteiger partial charge in [0.05, 0.1) is 6.61 Å². The topological polar surface area (TPSA) is 72.8 Å². The molecule has 0 spiro atoms. The predicted molar refractivity (Wildman–Crippen MR) is 287 cm³/mol. The lowest BCUT2D eigenvalue weighted by atomic mass is 10.1. The Morgan fingerprint density at radius 1 is 0.348 bits per heavy atom. The summed E-state index contributed by atoms with van der Waals surface area (Å²) in [6, 6.07) is 0. The molecule has 0 amide bonds. The maximum absolute atomic E-state index is 12.3. The van der Waals surface area contributed by atoms with Crippen molar-refractivity contribution in [1.82, 2.24) is 0 Å². The molecular weight excluding hydrogens is 813 g/mol. The van der Waals surface area contributed by atoms with Crippen LogP contribution in [0.2, 0.25) is 0 Å². The minimum absolute atomic E-state index is 0.0864. The summed E-state index contributed by atoms with van der Waals surface area (Å²) < 4.78 is 10.7. The van der Waals surface area contributed by atoms with Gasteiger partial charge in [0.1, 0.15) is 6.61 Å². The van der Waals surface area contributed by atoms with Crippen molar-refractivity contribution < 1.29 is 24.2 Å². The Bertz CT molecular complexity index is 1450. The molecule has 0 bridgehead atoms. The number of allylic oxidation sites excluding steroid dienone is 24. The molecule has 0 rings (SSSR count). The highest BCUT2D eigenvalue weighted by atomic mass is 16.6. The molecule has 370 valence electrons. The molecule has 0 heterocycles. The predicted octanol–water partition coefficient (Wildman–Crippen LogP) is 17.9. The third-order valence-corrected chi connectivity index (χ3v) is 10.6. The third-order valence-electron chi connectivity index (χ3n) is 10.6. The van der Waals surface area contributed by atoms with E-state index in [9.17, 15) is 14.7 Å². The van der Waals surface area contributed by atoms with E-state index in [0.717, 1.165) is 128 Å². The molecule has 1 N–H and O–H groups in total. The highest BCUT2D eigenvalue weighted by molar-refractivity contribution is 5.70. The zero-order valence-corrected chi connectivity index (χ0v) is 42.1. The Labute approximate surface area is 406 Å². The van der Waals surface area contributed by atoms with Gasteiger partial charge in [-0.25, -0.2) is 0 Å². The maximum atomic E-state index is 12.3. The van der Waals surface area contributed by atoms with E-state index >= 15 is 0 Å². The number of aliphatic hydroxyl groups is 1. The summed E-state index contributed by atoms with van der Waals surface area (Å²) in [5.74, 6) is -0.627. The highest BCUT2D eigenvalue weighted by Crippen LogP contribution is 2.13. The number of hydrogen-bond acceptors (Lipinski definition) is 5. The summed E-state index contributed by atoms with van der Waals surface area (Å²) in [6.45, 7) is 3.88. The van der Waals surface area contributed by atoms with Crippen molar-refractivity contribution >= 4 is 11.9 Å². The van der Waals surface area contributed by atoms with Gasteiger partial charge in [0, 0.05) is 12.8 Å². The van der Waals surface area contributed by atoms with Crippen molar-refractivity contribution in [3.05, 3.63) is 146 Å². The summed E-state index contributed by atoms with van der Waals surface area (Å²) in [7, 11) is 0. The molecule has 1 unspecified atom stereocenters. The first-order valence-corrected chi connectivity index (χ1v) is 26.4. The molecule has 66 heavy (non-hydrogen) atoms. The number of aliphatic hydroxyl groups excluding tert-OH is 1. The van der Waals surface area contributed by atoms with E-state index in [1.54, 1.807) is 0 Å². The van der Waals surface area contributed by atoms with E-state index < -0.39 is 6.10 Å². The molecule has 0 aromatic rings. The zero-order chi connectivity index (χ0) is 47.7. The number of unbranched alkanes of at least 4 members (excludes halogenated alkanes) is 14. The second-order valence-corrected chi connectivity index (χ2v) is 16.8. The van der Waals surface area contributed by atoms with Crippen LogP contribution in [0.4, 0.5) is 0 Å². The van der Waals surface area contributed by atoms with Gasteiger partial charge in [-0.2, -0.15) is 0 Å². The van der Waals surface area contributed by atoms with Gasteiger partial charge in [0.2, 0.25) is 0 Å². The zero-order valence-electron chi connectivity index (χ0n) is 42.1. The number of carbonyl (C=O) groups is 2. The molecule has 0 radical (unpaired) electrons. The summed E-state index contributed by atoms with van der Waals surface area (Å²) in [6.07, 6.45) is 83.6. The Kier molecular flexibility index (Phi) is 51.6. The number of hydrogen-bond donors (Lipinski definition) is 1. The van der Waals surface area contributed by atoms with Crippen LogP contribution in [0.25, 0.3) is 0 Å². The number of esters is 2. The number of carbonyl (C=O) groups excluding carboxylic acids is 2. The van der Waals surface area contributed by atoms with Crippen molar-refractivity contribution in [1.29, 1.82) is 0 Å². The Morgan fingerprint density at radius 2 is 0.606 bits per heavy atom. The van der Waals surface area contributed by atoms with Crippen LogP contribution in [-0.4, -0.2) is 36.4 Å². The van der Waals surface area contributed by atoms with Crippen molar-refractivity contribution in [2.75, 3.05) is 13.2 Å². The smallest absolute Gasteiger partial charge is 0.306 e. The largest absolute Gasteiger partial charge is 0.462 e. The van der Waals surface area contributed by atoms with Gasteiger partial charge < -0.3 is 14.6 Å². The first-order valence-electron chi connectivity index (χ1n) is 26.4. The Morgan fingerprint density at radius 3 is 0.909 bits per heavy atom. The Balaban J connectivity index is 3.63. The van der Waals surface area contributed by atoms with Crippen molar-refractivity contribution in [2.24, 2.45) is 0 Å². The van der Waals surface area contributed by atoms with Crippen LogP contribution in [0.5, 0.6) is 0 Å². The Hall–Kier alpha value is -4.22. The molecule has 5 nitrogen and oxygen atoms in total. The van der Waals surface area contributed by atoms with Crippen LogP contribution in [0.15, 0.2) is 146 Å². The monoisotopic (exact) mass is 909 g/mol. The summed E-state index contributed by atoms with van der Waals surface area (Å²) >= 11 is 0. The molecular formula is C61H96O5.